The average molecular weight is 437 g/mol. The number of rotatable bonds is 9. The quantitative estimate of drug-likeness (QED) is 0.506. The number of nitrogens with one attached hydrogen (secondary N) is 1. The first kappa shape index (κ1) is 22.2. The Kier molecular flexibility index (Phi) is 7.29. The average Bonchev–Trinajstić information content (AvgIpc) is 2.85. The highest BCUT2D eigenvalue weighted by Crippen LogP contribution is 2.34. The van der Waals surface area contributed by atoms with Gasteiger partial charge in [0.25, 0.3) is 0 Å². The molecule has 3 aromatic rings. The normalized spacial score (nSPS) is 14.5. The molecular formula is C25H32N4O3. The van der Waals surface area contributed by atoms with E-state index in [9.17, 15) is 0 Å². The van der Waals surface area contributed by atoms with Gasteiger partial charge in [0.15, 0.2) is 0 Å². The summed E-state index contributed by atoms with van der Waals surface area (Å²) in [5, 5.41) is 4.58. The van der Waals surface area contributed by atoms with Crippen molar-refractivity contribution in [3.8, 4) is 11.5 Å². The van der Waals surface area contributed by atoms with Gasteiger partial charge in [-0.1, -0.05) is 6.92 Å². The van der Waals surface area contributed by atoms with E-state index in [0.717, 1.165) is 66.5 Å². The van der Waals surface area contributed by atoms with Crippen molar-refractivity contribution in [3.63, 3.8) is 0 Å². The molecule has 0 spiro atoms. The minimum atomic E-state index is 0.497. The van der Waals surface area contributed by atoms with E-state index in [1.54, 1.807) is 14.2 Å². The van der Waals surface area contributed by atoms with E-state index in [4.69, 9.17) is 14.2 Å². The van der Waals surface area contributed by atoms with Crippen LogP contribution in [0.3, 0.4) is 0 Å². The van der Waals surface area contributed by atoms with Crippen LogP contribution in [0.25, 0.3) is 10.9 Å². The van der Waals surface area contributed by atoms with E-state index in [1.165, 1.54) is 5.69 Å². The Morgan fingerprint density at radius 2 is 1.78 bits per heavy atom. The number of benzene rings is 2. The Morgan fingerprint density at radius 3 is 2.53 bits per heavy atom. The molecule has 2 aromatic carbocycles. The van der Waals surface area contributed by atoms with Crippen LogP contribution in [0.2, 0.25) is 0 Å². The second kappa shape index (κ2) is 10.5. The van der Waals surface area contributed by atoms with Gasteiger partial charge < -0.3 is 29.3 Å². The maximum absolute atomic E-state index is 5.70. The summed E-state index contributed by atoms with van der Waals surface area (Å²) in [6.45, 7) is 8.69. The zero-order chi connectivity index (χ0) is 22.3. The first-order valence-corrected chi connectivity index (χ1v) is 11.1. The van der Waals surface area contributed by atoms with Crippen LogP contribution in [-0.2, 0) is 4.74 Å². The summed E-state index contributed by atoms with van der Waals surface area (Å²) in [7, 11) is 3.32. The molecule has 0 atom stereocenters. The maximum Gasteiger partial charge on any atom is 0.145 e. The first-order chi connectivity index (χ1) is 15.7. The van der Waals surface area contributed by atoms with E-state index >= 15 is 0 Å². The molecule has 0 radical (unpaired) electrons. The number of anilines is 3. The smallest absolute Gasteiger partial charge is 0.145 e. The van der Waals surface area contributed by atoms with Gasteiger partial charge in [-0.05, 0) is 42.9 Å². The fraction of sp³-hybridized carbons (Fsp3) is 0.400. The number of pyridine rings is 1. The third-order valence-electron chi connectivity index (χ3n) is 5.91. The van der Waals surface area contributed by atoms with Crippen molar-refractivity contribution in [2.45, 2.75) is 6.92 Å². The number of nitrogens with zero attached hydrogens (tertiary/aromatic N) is 3. The number of likely N-dealkylation sites (N-methyl/N-ethyl adjacent to an activating group) is 1. The molecule has 1 aromatic heterocycles. The lowest BCUT2D eigenvalue weighted by molar-refractivity contribution is 0.146. The third-order valence-corrected chi connectivity index (χ3v) is 5.91. The van der Waals surface area contributed by atoms with E-state index in [2.05, 4.69) is 45.2 Å². The van der Waals surface area contributed by atoms with Crippen LogP contribution in [0.1, 0.15) is 6.92 Å². The highest BCUT2D eigenvalue weighted by atomic mass is 16.5. The highest BCUT2D eigenvalue weighted by molar-refractivity contribution is 5.95. The summed E-state index contributed by atoms with van der Waals surface area (Å²) >= 11 is 0. The van der Waals surface area contributed by atoms with Crippen LogP contribution in [0, 0.1) is 0 Å². The number of aromatic nitrogens is 1. The van der Waals surface area contributed by atoms with E-state index < -0.39 is 0 Å². The van der Waals surface area contributed by atoms with Crippen molar-refractivity contribution in [2.75, 3.05) is 70.4 Å². The van der Waals surface area contributed by atoms with Crippen LogP contribution >= 0.6 is 0 Å². The van der Waals surface area contributed by atoms with Crippen molar-refractivity contribution in [3.05, 3.63) is 48.7 Å². The Bertz CT molecular complexity index is 1030. The minimum absolute atomic E-state index is 0.497. The van der Waals surface area contributed by atoms with Crippen LogP contribution in [0.5, 0.6) is 11.5 Å². The minimum Gasteiger partial charge on any atom is -0.494 e. The van der Waals surface area contributed by atoms with Gasteiger partial charge in [-0.2, -0.15) is 0 Å². The van der Waals surface area contributed by atoms with Crippen LogP contribution in [-0.4, -0.2) is 70.0 Å². The van der Waals surface area contributed by atoms with Crippen molar-refractivity contribution in [1.29, 1.82) is 0 Å². The van der Waals surface area contributed by atoms with Crippen molar-refractivity contribution in [1.82, 2.24) is 9.88 Å². The molecule has 1 N–H and O–H groups in total. The van der Waals surface area contributed by atoms with Gasteiger partial charge in [0.05, 0.1) is 24.9 Å². The summed E-state index contributed by atoms with van der Waals surface area (Å²) in [6.07, 6.45) is 1.85. The van der Waals surface area contributed by atoms with Gasteiger partial charge >= 0.3 is 0 Å². The number of piperazine rings is 1. The van der Waals surface area contributed by atoms with Gasteiger partial charge in [-0.3, -0.25) is 4.98 Å². The van der Waals surface area contributed by atoms with Crippen LogP contribution in [0.4, 0.5) is 17.1 Å². The summed E-state index contributed by atoms with van der Waals surface area (Å²) in [5.41, 5.74) is 4.07. The Morgan fingerprint density at radius 1 is 0.938 bits per heavy atom. The van der Waals surface area contributed by atoms with E-state index in [1.807, 2.05) is 30.5 Å². The Labute approximate surface area is 189 Å². The highest BCUT2D eigenvalue weighted by Gasteiger charge is 2.17. The molecule has 0 aliphatic carbocycles. The lowest BCUT2D eigenvalue weighted by Crippen LogP contribution is -2.46. The zero-order valence-electron chi connectivity index (χ0n) is 19.1. The molecule has 1 fully saturated rings. The Balaban J connectivity index is 1.53. The molecule has 4 rings (SSSR count). The molecule has 0 amide bonds. The van der Waals surface area contributed by atoms with E-state index in [0.29, 0.717) is 13.2 Å². The molecular weight excluding hydrogens is 404 g/mol. The predicted molar refractivity (Wildman–Crippen MR) is 130 cm³/mol. The largest absolute Gasteiger partial charge is 0.494 e. The standard InChI is InChI=1S/C25H32N4O3/c1-4-28-11-13-29(14-12-28)19-5-7-21-22(9-10-26-24(21)17-19)27-23-8-6-20(18-25(23)31-3)32-16-15-30-2/h5-10,17-18H,4,11-16H2,1-3H3,(H,26,27). The lowest BCUT2D eigenvalue weighted by Gasteiger charge is -2.35. The fourth-order valence-electron chi connectivity index (χ4n) is 4.02. The van der Waals surface area contributed by atoms with Crippen molar-refractivity contribution < 1.29 is 14.2 Å². The molecule has 0 saturated carbocycles. The van der Waals surface area contributed by atoms with E-state index in [-0.39, 0.29) is 0 Å². The maximum atomic E-state index is 5.70. The second-order valence-electron chi connectivity index (χ2n) is 7.81. The molecule has 1 saturated heterocycles. The lowest BCUT2D eigenvalue weighted by atomic mass is 10.1. The SMILES string of the molecule is CCN1CCN(c2ccc3c(Nc4ccc(OCCOC)cc4OC)ccnc3c2)CC1. The zero-order valence-corrected chi connectivity index (χ0v) is 19.1. The molecule has 1 aliphatic rings. The molecule has 7 nitrogen and oxygen atoms in total. The Hall–Kier alpha value is -3.03. The number of hydrogen-bond acceptors (Lipinski definition) is 7. The second-order valence-corrected chi connectivity index (χ2v) is 7.81. The van der Waals surface area contributed by atoms with Gasteiger partial charge in [0.2, 0.25) is 0 Å². The summed E-state index contributed by atoms with van der Waals surface area (Å²) in [5.74, 6) is 1.46. The van der Waals surface area contributed by atoms with Gasteiger partial charge in [-0.15, -0.1) is 0 Å². The number of ether oxygens (including phenoxy) is 3. The molecule has 7 heteroatoms. The number of methoxy groups -OCH3 is 2. The summed E-state index contributed by atoms with van der Waals surface area (Å²) in [4.78, 5) is 9.56. The summed E-state index contributed by atoms with van der Waals surface area (Å²) in [6, 6.07) is 14.3. The molecule has 170 valence electrons. The number of hydrogen-bond donors (Lipinski definition) is 1. The van der Waals surface area contributed by atoms with Crippen LogP contribution in [0.15, 0.2) is 48.7 Å². The molecule has 32 heavy (non-hydrogen) atoms. The summed E-state index contributed by atoms with van der Waals surface area (Å²) < 4.78 is 16.3. The molecule has 2 heterocycles. The van der Waals surface area contributed by atoms with Gasteiger partial charge in [0.1, 0.15) is 18.1 Å². The van der Waals surface area contributed by atoms with Crippen molar-refractivity contribution in [2.24, 2.45) is 0 Å². The van der Waals surface area contributed by atoms with Crippen molar-refractivity contribution >= 4 is 28.0 Å². The first-order valence-electron chi connectivity index (χ1n) is 11.1. The van der Waals surface area contributed by atoms with Gasteiger partial charge in [0, 0.05) is 62.3 Å². The van der Waals surface area contributed by atoms with Gasteiger partial charge in [-0.25, -0.2) is 0 Å². The molecule has 0 unspecified atom stereocenters. The molecule has 0 bridgehead atoms. The number of fused-ring (bicyclic) bond motifs is 1. The monoisotopic (exact) mass is 436 g/mol. The predicted octanol–water partition coefficient (Wildman–Crippen LogP) is 4.15. The van der Waals surface area contributed by atoms with Crippen LogP contribution < -0.4 is 19.7 Å². The fourth-order valence-corrected chi connectivity index (χ4v) is 4.02. The molecule has 1 aliphatic heterocycles. The third kappa shape index (κ3) is 5.06. The topological polar surface area (TPSA) is 59.1 Å².